The molecular formula is C27H28N6O3. The van der Waals surface area contributed by atoms with Gasteiger partial charge in [-0.05, 0) is 49.7 Å². The Morgan fingerprint density at radius 1 is 0.972 bits per heavy atom. The molecule has 4 aromatic rings. The van der Waals surface area contributed by atoms with Gasteiger partial charge < -0.3 is 24.9 Å². The first kappa shape index (κ1) is 22.4. The number of nitrogens with zero attached hydrogens (tertiary/aromatic N) is 3. The molecule has 0 bridgehead atoms. The third kappa shape index (κ3) is 4.22. The number of piperazine rings is 1. The van der Waals surface area contributed by atoms with E-state index in [4.69, 9.17) is 4.42 Å². The zero-order chi connectivity index (χ0) is 24.7. The molecule has 3 heterocycles. The van der Waals surface area contributed by atoms with Crippen LogP contribution in [-0.4, -0.2) is 60.1 Å². The molecule has 2 aromatic heterocycles. The van der Waals surface area contributed by atoms with Gasteiger partial charge in [0, 0.05) is 43.5 Å². The number of fused-ring (bicyclic) bond motifs is 1. The number of rotatable bonds is 6. The molecule has 2 aliphatic rings. The SMILES string of the molecule is CN1CCN(c2ccc(C(=O)Nc3n[nH]c4cc(C(=O)NC5(c6ccccc6)CC5)oc34)cc2)CC1. The first-order valence-corrected chi connectivity index (χ1v) is 12.2. The van der Waals surface area contributed by atoms with Crippen LogP contribution in [-0.2, 0) is 5.54 Å². The van der Waals surface area contributed by atoms with Crippen molar-refractivity contribution < 1.29 is 14.0 Å². The molecule has 1 aliphatic carbocycles. The van der Waals surface area contributed by atoms with Gasteiger partial charge in [0.15, 0.2) is 17.2 Å². The summed E-state index contributed by atoms with van der Waals surface area (Å²) in [4.78, 5) is 30.4. The summed E-state index contributed by atoms with van der Waals surface area (Å²) in [5, 5.41) is 12.9. The summed E-state index contributed by atoms with van der Waals surface area (Å²) < 4.78 is 5.82. The van der Waals surface area contributed by atoms with E-state index in [1.165, 1.54) is 0 Å². The predicted octanol–water partition coefficient (Wildman–Crippen LogP) is 3.58. The highest BCUT2D eigenvalue weighted by Crippen LogP contribution is 2.45. The standard InChI is InChI=1S/C27H28N6O3/c1-32-13-15-33(16-14-32)20-9-7-18(8-10-20)25(34)28-24-23-21(30-31-24)17-22(36-23)26(35)29-27(11-12-27)19-5-3-2-4-6-19/h2-10,17H,11-16H2,1H3,(H,29,35)(H2,28,30,31,34). The van der Waals surface area contributed by atoms with Crippen LogP contribution in [0.2, 0.25) is 0 Å². The van der Waals surface area contributed by atoms with Crippen molar-refractivity contribution in [3.8, 4) is 0 Å². The van der Waals surface area contributed by atoms with Crippen molar-refractivity contribution in [2.24, 2.45) is 0 Å². The lowest BCUT2D eigenvalue weighted by Crippen LogP contribution is -2.44. The van der Waals surface area contributed by atoms with Crippen LogP contribution in [0.5, 0.6) is 0 Å². The van der Waals surface area contributed by atoms with Crippen LogP contribution in [0.3, 0.4) is 0 Å². The molecule has 9 nitrogen and oxygen atoms in total. The largest absolute Gasteiger partial charge is 0.445 e. The van der Waals surface area contributed by atoms with Gasteiger partial charge in [0.25, 0.3) is 11.8 Å². The van der Waals surface area contributed by atoms with Gasteiger partial charge in [0.05, 0.1) is 5.54 Å². The number of aromatic amines is 1. The minimum atomic E-state index is -0.343. The van der Waals surface area contributed by atoms with Gasteiger partial charge >= 0.3 is 0 Å². The molecule has 1 saturated heterocycles. The van der Waals surface area contributed by atoms with E-state index in [0.717, 1.165) is 50.3 Å². The number of carbonyl (C=O) groups is 2. The fraction of sp³-hybridized carbons (Fsp3) is 0.296. The van der Waals surface area contributed by atoms with E-state index in [1.807, 2.05) is 54.6 Å². The number of nitrogens with one attached hydrogen (secondary N) is 3. The molecule has 0 unspecified atom stereocenters. The van der Waals surface area contributed by atoms with E-state index >= 15 is 0 Å². The highest BCUT2D eigenvalue weighted by atomic mass is 16.3. The molecular weight excluding hydrogens is 456 g/mol. The maximum Gasteiger partial charge on any atom is 0.287 e. The average Bonchev–Trinajstić information content (AvgIpc) is 3.41. The Kier molecular flexibility index (Phi) is 5.49. The van der Waals surface area contributed by atoms with Gasteiger partial charge in [-0.15, -0.1) is 0 Å². The number of aromatic nitrogens is 2. The third-order valence-corrected chi connectivity index (χ3v) is 7.12. The summed E-state index contributed by atoms with van der Waals surface area (Å²) in [7, 11) is 2.12. The molecule has 6 rings (SSSR count). The van der Waals surface area contributed by atoms with Crippen molar-refractivity contribution in [1.82, 2.24) is 20.4 Å². The third-order valence-electron chi connectivity index (χ3n) is 7.12. The fourth-order valence-corrected chi connectivity index (χ4v) is 4.73. The highest BCUT2D eigenvalue weighted by molar-refractivity contribution is 6.07. The lowest BCUT2D eigenvalue weighted by atomic mass is 10.1. The molecule has 0 spiro atoms. The zero-order valence-corrected chi connectivity index (χ0v) is 20.1. The number of carbonyl (C=O) groups excluding carboxylic acids is 2. The van der Waals surface area contributed by atoms with Crippen LogP contribution in [0.15, 0.2) is 65.1 Å². The summed E-state index contributed by atoms with van der Waals surface area (Å²) in [6.45, 7) is 3.98. The van der Waals surface area contributed by atoms with Gasteiger partial charge in [-0.2, -0.15) is 5.10 Å². The number of H-pyrrole nitrogens is 1. The first-order valence-electron chi connectivity index (χ1n) is 12.2. The number of hydrogen-bond donors (Lipinski definition) is 3. The highest BCUT2D eigenvalue weighted by Gasteiger charge is 2.46. The Morgan fingerprint density at radius 3 is 2.39 bits per heavy atom. The molecule has 1 saturated carbocycles. The average molecular weight is 485 g/mol. The summed E-state index contributed by atoms with van der Waals surface area (Å²) in [6.07, 6.45) is 1.77. The second-order valence-corrected chi connectivity index (χ2v) is 9.62. The molecule has 0 radical (unpaired) electrons. The zero-order valence-electron chi connectivity index (χ0n) is 20.1. The molecule has 2 aromatic carbocycles. The van der Waals surface area contributed by atoms with Gasteiger partial charge in [0.1, 0.15) is 5.52 Å². The van der Waals surface area contributed by atoms with Gasteiger partial charge in [-0.1, -0.05) is 30.3 Å². The van der Waals surface area contributed by atoms with E-state index < -0.39 is 0 Å². The summed E-state index contributed by atoms with van der Waals surface area (Å²) in [5.41, 5.74) is 3.26. The maximum absolute atomic E-state index is 12.9. The number of hydrogen-bond acceptors (Lipinski definition) is 6. The molecule has 2 fully saturated rings. The second-order valence-electron chi connectivity index (χ2n) is 9.62. The van der Waals surface area contributed by atoms with E-state index in [2.05, 4.69) is 37.7 Å². The number of benzene rings is 2. The van der Waals surface area contributed by atoms with E-state index in [0.29, 0.717) is 16.7 Å². The Morgan fingerprint density at radius 2 is 1.69 bits per heavy atom. The molecule has 184 valence electrons. The topological polar surface area (TPSA) is 106 Å². The van der Waals surface area contributed by atoms with Crippen LogP contribution in [0, 0.1) is 0 Å². The van der Waals surface area contributed by atoms with E-state index in [1.54, 1.807) is 6.07 Å². The van der Waals surface area contributed by atoms with Crippen LogP contribution in [0.4, 0.5) is 11.5 Å². The molecule has 3 N–H and O–H groups in total. The van der Waals surface area contributed by atoms with Crippen molar-refractivity contribution in [3.05, 3.63) is 77.6 Å². The van der Waals surface area contributed by atoms with Crippen LogP contribution in [0.1, 0.15) is 39.3 Å². The predicted molar refractivity (Wildman–Crippen MR) is 137 cm³/mol. The molecule has 1 aliphatic heterocycles. The Balaban J connectivity index is 1.14. The number of amides is 2. The Labute approximate surface area is 208 Å². The monoisotopic (exact) mass is 484 g/mol. The summed E-state index contributed by atoms with van der Waals surface area (Å²) >= 11 is 0. The molecule has 9 heteroatoms. The van der Waals surface area contributed by atoms with E-state index in [-0.39, 0.29) is 28.9 Å². The van der Waals surface area contributed by atoms with Crippen molar-refractivity contribution in [3.63, 3.8) is 0 Å². The normalized spacial score (nSPS) is 17.2. The van der Waals surface area contributed by atoms with E-state index in [9.17, 15) is 9.59 Å². The first-order chi connectivity index (χ1) is 17.5. The molecule has 2 amide bonds. The van der Waals surface area contributed by atoms with Crippen LogP contribution in [0.25, 0.3) is 11.1 Å². The summed E-state index contributed by atoms with van der Waals surface area (Å²) in [6, 6.07) is 19.1. The van der Waals surface area contributed by atoms with Gasteiger partial charge in [0.2, 0.25) is 0 Å². The number of likely N-dealkylation sites (N-methyl/N-ethyl adjacent to an activating group) is 1. The molecule has 36 heavy (non-hydrogen) atoms. The van der Waals surface area contributed by atoms with Crippen molar-refractivity contribution >= 4 is 34.4 Å². The second kappa shape index (κ2) is 8.83. The summed E-state index contributed by atoms with van der Waals surface area (Å²) in [5.74, 6) is -0.163. The van der Waals surface area contributed by atoms with Crippen molar-refractivity contribution in [2.45, 2.75) is 18.4 Å². The van der Waals surface area contributed by atoms with Gasteiger partial charge in [-0.3, -0.25) is 14.7 Å². The van der Waals surface area contributed by atoms with Crippen molar-refractivity contribution in [2.75, 3.05) is 43.4 Å². The number of anilines is 2. The van der Waals surface area contributed by atoms with Crippen LogP contribution < -0.4 is 15.5 Å². The van der Waals surface area contributed by atoms with Gasteiger partial charge in [-0.25, -0.2) is 0 Å². The smallest absolute Gasteiger partial charge is 0.287 e. The fourth-order valence-electron chi connectivity index (χ4n) is 4.73. The maximum atomic E-state index is 12.9. The quantitative estimate of drug-likeness (QED) is 0.386. The minimum Gasteiger partial charge on any atom is -0.445 e. The lowest BCUT2D eigenvalue weighted by molar-refractivity contribution is 0.0904. The Bertz CT molecular complexity index is 1400. The Hall–Kier alpha value is -4.11. The molecule has 0 atom stereocenters. The van der Waals surface area contributed by atoms with Crippen LogP contribution >= 0.6 is 0 Å². The minimum absolute atomic E-state index is 0.174. The van der Waals surface area contributed by atoms with Crippen molar-refractivity contribution in [1.29, 1.82) is 0 Å². The lowest BCUT2D eigenvalue weighted by Gasteiger charge is -2.34. The number of furan rings is 1.